The fourth-order valence-electron chi connectivity index (χ4n) is 3.79. The third-order valence-corrected chi connectivity index (χ3v) is 5.12. The molecule has 130 valence electrons. The molecule has 3 aromatic rings. The number of nitrogens with zero attached hydrogens (tertiary/aromatic N) is 2. The van der Waals surface area contributed by atoms with Crippen molar-refractivity contribution < 1.29 is 10.2 Å². The number of hydrogen-bond donors (Lipinski definition) is 3. The van der Waals surface area contributed by atoms with Gasteiger partial charge in [0.2, 0.25) is 0 Å². The molecule has 0 bridgehead atoms. The van der Waals surface area contributed by atoms with E-state index in [0.717, 1.165) is 41.5 Å². The molecule has 2 aromatic heterocycles. The van der Waals surface area contributed by atoms with Crippen LogP contribution in [0.4, 0.5) is 0 Å². The van der Waals surface area contributed by atoms with Gasteiger partial charge in [-0.05, 0) is 36.2 Å². The minimum Gasteiger partial charge on any atom is -0.392 e. The first-order valence-corrected chi connectivity index (χ1v) is 8.67. The molecule has 25 heavy (non-hydrogen) atoms. The van der Waals surface area contributed by atoms with E-state index < -0.39 is 5.60 Å². The van der Waals surface area contributed by atoms with Gasteiger partial charge >= 0.3 is 0 Å². The van der Waals surface area contributed by atoms with Gasteiger partial charge in [-0.1, -0.05) is 12.1 Å². The van der Waals surface area contributed by atoms with Crippen molar-refractivity contribution in [1.29, 1.82) is 0 Å². The quantitative estimate of drug-likeness (QED) is 0.682. The summed E-state index contributed by atoms with van der Waals surface area (Å²) in [5.41, 5.74) is 4.37. The Bertz CT molecular complexity index is 900. The highest BCUT2D eigenvalue weighted by molar-refractivity contribution is 5.86. The van der Waals surface area contributed by atoms with Crippen LogP contribution in [-0.4, -0.2) is 26.3 Å². The molecule has 0 fully saturated rings. The van der Waals surface area contributed by atoms with Gasteiger partial charge in [-0.25, -0.2) is 0 Å². The first-order valence-electron chi connectivity index (χ1n) is 8.67. The maximum atomic E-state index is 11.1. The molecule has 1 unspecified atom stereocenters. The van der Waals surface area contributed by atoms with Crippen LogP contribution in [0.2, 0.25) is 0 Å². The Labute approximate surface area is 146 Å². The second-order valence-electron chi connectivity index (χ2n) is 6.96. The Morgan fingerprint density at radius 1 is 1.32 bits per heavy atom. The zero-order chi connectivity index (χ0) is 17.4. The first kappa shape index (κ1) is 16.3. The lowest BCUT2D eigenvalue weighted by molar-refractivity contribution is 0.0384. The highest BCUT2D eigenvalue weighted by atomic mass is 16.3. The molecular weight excluding hydrogens is 314 g/mol. The van der Waals surface area contributed by atoms with Crippen molar-refractivity contribution in [3.8, 4) is 0 Å². The van der Waals surface area contributed by atoms with Crippen molar-refractivity contribution in [2.45, 2.75) is 38.6 Å². The lowest BCUT2D eigenvalue weighted by atomic mass is 9.97. The van der Waals surface area contributed by atoms with E-state index in [4.69, 9.17) is 0 Å². The predicted octanol–water partition coefficient (Wildman–Crippen LogP) is 2.08. The normalized spacial score (nSPS) is 16.6. The molecule has 1 aromatic carbocycles. The second kappa shape index (κ2) is 6.26. The molecule has 4 rings (SSSR count). The van der Waals surface area contributed by atoms with Gasteiger partial charge in [0.05, 0.1) is 13.2 Å². The fraction of sp³-hybridized carbons (Fsp3) is 0.350. The minimum absolute atomic E-state index is 0.0384. The molecule has 0 saturated heterocycles. The molecule has 0 amide bonds. The summed E-state index contributed by atoms with van der Waals surface area (Å²) in [5, 5.41) is 25.2. The number of benzene rings is 1. The van der Waals surface area contributed by atoms with E-state index >= 15 is 0 Å². The molecular formula is C20H23N3O2. The van der Waals surface area contributed by atoms with E-state index in [0.29, 0.717) is 6.54 Å². The van der Waals surface area contributed by atoms with Crippen LogP contribution < -0.4 is 5.32 Å². The summed E-state index contributed by atoms with van der Waals surface area (Å²) in [4.78, 5) is 4.15. The van der Waals surface area contributed by atoms with Crippen LogP contribution in [0, 0.1) is 0 Å². The number of aliphatic hydroxyl groups excluding tert-OH is 1. The molecule has 1 aliphatic heterocycles. The summed E-state index contributed by atoms with van der Waals surface area (Å²) in [7, 11) is 0. The van der Waals surface area contributed by atoms with E-state index in [9.17, 15) is 10.2 Å². The third-order valence-electron chi connectivity index (χ3n) is 5.12. The van der Waals surface area contributed by atoms with Crippen LogP contribution in [0.5, 0.6) is 0 Å². The van der Waals surface area contributed by atoms with Gasteiger partial charge in [-0.15, -0.1) is 0 Å². The van der Waals surface area contributed by atoms with E-state index in [1.165, 1.54) is 11.3 Å². The number of nitrogens with one attached hydrogen (secondary N) is 1. The maximum absolute atomic E-state index is 11.1. The molecule has 0 saturated carbocycles. The van der Waals surface area contributed by atoms with Crippen molar-refractivity contribution in [3.63, 3.8) is 0 Å². The van der Waals surface area contributed by atoms with E-state index in [1.54, 1.807) is 12.4 Å². The number of rotatable bonds is 4. The van der Waals surface area contributed by atoms with Gasteiger partial charge in [0.15, 0.2) is 0 Å². The van der Waals surface area contributed by atoms with Crippen LogP contribution >= 0.6 is 0 Å². The zero-order valence-corrected chi connectivity index (χ0v) is 14.4. The van der Waals surface area contributed by atoms with Crippen LogP contribution in [0.15, 0.2) is 42.7 Å². The zero-order valence-electron chi connectivity index (χ0n) is 14.4. The summed E-state index contributed by atoms with van der Waals surface area (Å²) < 4.78 is 2.24. The lowest BCUT2D eigenvalue weighted by Gasteiger charge is -2.27. The molecule has 0 spiro atoms. The molecule has 0 aliphatic carbocycles. The van der Waals surface area contributed by atoms with Crippen LogP contribution in [0.1, 0.15) is 29.3 Å². The minimum atomic E-state index is -1.01. The van der Waals surface area contributed by atoms with Gasteiger partial charge in [-0.2, -0.15) is 0 Å². The van der Waals surface area contributed by atoms with E-state index in [2.05, 4.69) is 27.0 Å². The van der Waals surface area contributed by atoms with Gasteiger partial charge in [-0.3, -0.25) is 4.98 Å². The summed E-state index contributed by atoms with van der Waals surface area (Å²) >= 11 is 0. The average Bonchev–Trinajstić information content (AvgIpc) is 2.95. The highest BCUT2D eigenvalue weighted by Crippen LogP contribution is 2.33. The molecule has 5 heteroatoms. The van der Waals surface area contributed by atoms with E-state index in [-0.39, 0.29) is 6.61 Å². The Hall–Kier alpha value is -2.21. The Morgan fingerprint density at radius 3 is 2.96 bits per heavy atom. The predicted molar refractivity (Wildman–Crippen MR) is 97.1 cm³/mol. The largest absolute Gasteiger partial charge is 0.392 e. The first-order chi connectivity index (χ1) is 12.1. The number of aliphatic hydroxyl groups is 2. The number of pyridine rings is 1. The summed E-state index contributed by atoms with van der Waals surface area (Å²) in [6.45, 7) is 4.11. The Kier molecular flexibility index (Phi) is 4.07. The van der Waals surface area contributed by atoms with Crippen LogP contribution in [-0.2, 0) is 31.7 Å². The fourth-order valence-corrected chi connectivity index (χ4v) is 3.79. The summed E-state index contributed by atoms with van der Waals surface area (Å²) in [5.74, 6) is 0. The van der Waals surface area contributed by atoms with Crippen molar-refractivity contribution >= 4 is 10.9 Å². The van der Waals surface area contributed by atoms with Crippen molar-refractivity contribution in [1.82, 2.24) is 14.9 Å². The molecule has 5 nitrogen and oxygen atoms in total. The molecule has 0 radical (unpaired) electrons. The molecule has 3 heterocycles. The molecule has 1 atom stereocenters. The van der Waals surface area contributed by atoms with Crippen molar-refractivity contribution in [3.05, 3.63) is 65.1 Å². The Balaban J connectivity index is 1.84. The standard InChI is InChI=1S/C20H23N3O2/c1-20(25,15-3-2-7-21-10-15)13-23-18-5-4-14(12-24)9-16(18)17-11-22-8-6-19(17)23/h2-5,7,9-10,22,24-25H,6,8,11-13H2,1H3. The summed E-state index contributed by atoms with van der Waals surface area (Å²) in [6, 6.07) is 9.84. The van der Waals surface area contributed by atoms with E-state index in [1.807, 2.05) is 25.1 Å². The topological polar surface area (TPSA) is 70.3 Å². The maximum Gasteiger partial charge on any atom is 0.106 e. The van der Waals surface area contributed by atoms with Crippen molar-refractivity contribution in [2.75, 3.05) is 6.54 Å². The van der Waals surface area contributed by atoms with Gasteiger partial charge in [0.1, 0.15) is 5.60 Å². The lowest BCUT2D eigenvalue weighted by Crippen LogP contribution is -2.31. The Morgan fingerprint density at radius 2 is 2.20 bits per heavy atom. The average molecular weight is 337 g/mol. The monoisotopic (exact) mass is 337 g/mol. The SMILES string of the molecule is CC(O)(Cn1c2c(c3cc(CO)ccc31)CNCC2)c1cccnc1. The van der Waals surface area contributed by atoms with Crippen LogP contribution in [0.25, 0.3) is 10.9 Å². The highest BCUT2D eigenvalue weighted by Gasteiger charge is 2.28. The number of fused-ring (bicyclic) bond motifs is 3. The van der Waals surface area contributed by atoms with Gasteiger partial charge < -0.3 is 20.1 Å². The second-order valence-corrected chi connectivity index (χ2v) is 6.96. The molecule has 1 aliphatic rings. The summed E-state index contributed by atoms with van der Waals surface area (Å²) in [6.07, 6.45) is 4.37. The van der Waals surface area contributed by atoms with Gasteiger partial charge in [0.25, 0.3) is 0 Å². The number of hydrogen-bond acceptors (Lipinski definition) is 4. The molecule has 3 N–H and O–H groups in total. The van der Waals surface area contributed by atoms with Crippen molar-refractivity contribution in [2.24, 2.45) is 0 Å². The third kappa shape index (κ3) is 2.84. The smallest absolute Gasteiger partial charge is 0.106 e. The van der Waals surface area contributed by atoms with Crippen LogP contribution in [0.3, 0.4) is 0 Å². The van der Waals surface area contributed by atoms with Gasteiger partial charge in [0, 0.05) is 54.1 Å². The number of aromatic nitrogens is 2.